The summed E-state index contributed by atoms with van der Waals surface area (Å²) in [5.41, 5.74) is 4.55. The average Bonchev–Trinajstić information content (AvgIpc) is 3.44. The van der Waals surface area contributed by atoms with E-state index in [2.05, 4.69) is 4.90 Å². The summed E-state index contributed by atoms with van der Waals surface area (Å²) < 4.78 is 6.11. The van der Waals surface area contributed by atoms with Gasteiger partial charge in [0.25, 0.3) is 0 Å². The van der Waals surface area contributed by atoms with Crippen molar-refractivity contribution in [3.05, 3.63) is 51.5 Å². The molecule has 2 aromatic heterocycles. The number of aromatic nitrogens is 2. The molecule has 8 heteroatoms. The molecule has 5 rings (SSSR count). The van der Waals surface area contributed by atoms with Gasteiger partial charge in [0.15, 0.2) is 12.4 Å². The van der Waals surface area contributed by atoms with E-state index in [0.29, 0.717) is 11.6 Å². The van der Waals surface area contributed by atoms with Gasteiger partial charge in [0.05, 0.1) is 9.21 Å². The zero-order valence-corrected chi connectivity index (χ0v) is 17.1. The van der Waals surface area contributed by atoms with Gasteiger partial charge >= 0.3 is 5.97 Å². The van der Waals surface area contributed by atoms with Crippen LogP contribution in [-0.4, -0.2) is 34.2 Å². The molecule has 29 heavy (non-hydrogen) atoms. The minimum absolute atomic E-state index is 0.356. The Balaban J connectivity index is 1.56. The summed E-state index contributed by atoms with van der Waals surface area (Å²) in [6.45, 7) is 0.469. The van der Waals surface area contributed by atoms with Gasteiger partial charge in [0.1, 0.15) is 11.6 Å². The molecule has 148 valence electrons. The Hall–Kier alpha value is -2.64. The number of halogens is 1. The van der Waals surface area contributed by atoms with Gasteiger partial charge in [-0.3, -0.25) is 0 Å². The fourth-order valence-electron chi connectivity index (χ4n) is 3.99. The third-order valence-electron chi connectivity index (χ3n) is 5.28. The van der Waals surface area contributed by atoms with Crippen LogP contribution in [0.25, 0.3) is 10.7 Å². The summed E-state index contributed by atoms with van der Waals surface area (Å²) in [5, 5.41) is 8.88. The summed E-state index contributed by atoms with van der Waals surface area (Å²) in [4.78, 5) is 23.8. The third kappa shape index (κ3) is 3.45. The lowest BCUT2D eigenvalue weighted by Gasteiger charge is -2.22. The standard InChI is InChI=1S/C21H18ClN3O3S/c22-18-7-6-17(29-18)20-23-15-3-1-2-14(15)21(24-20)25-9-8-12-4-5-13(10-16(12)25)28-11-19(26)27/h4-7,10H,1-3,8-9,11H2,(H,26,27). The fourth-order valence-corrected chi connectivity index (χ4v) is 4.97. The number of hydrogen-bond donors (Lipinski definition) is 1. The number of rotatable bonds is 5. The molecule has 0 bridgehead atoms. The topological polar surface area (TPSA) is 75.6 Å². The highest BCUT2D eigenvalue weighted by Crippen LogP contribution is 2.41. The van der Waals surface area contributed by atoms with E-state index >= 15 is 0 Å². The first kappa shape index (κ1) is 18.4. The van der Waals surface area contributed by atoms with Crippen molar-refractivity contribution in [1.82, 2.24) is 9.97 Å². The van der Waals surface area contributed by atoms with Gasteiger partial charge in [-0.05, 0) is 49.4 Å². The van der Waals surface area contributed by atoms with Crippen LogP contribution in [0.1, 0.15) is 23.2 Å². The highest BCUT2D eigenvalue weighted by molar-refractivity contribution is 7.19. The van der Waals surface area contributed by atoms with E-state index in [1.807, 2.05) is 30.3 Å². The number of nitrogens with zero attached hydrogens (tertiary/aromatic N) is 3. The number of benzene rings is 1. The van der Waals surface area contributed by atoms with Crippen molar-refractivity contribution in [1.29, 1.82) is 0 Å². The Kier molecular flexibility index (Phi) is 4.64. The lowest BCUT2D eigenvalue weighted by molar-refractivity contribution is -0.139. The number of carbonyl (C=O) groups is 1. The number of fused-ring (bicyclic) bond motifs is 2. The van der Waals surface area contributed by atoms with Crippen LogP contribution in [0, 0.1) is 0 Å². The third-order valence-corrected chi connectivity index (χ3v) is 6.50. The number of anilines is 2. The Morgan fingerprint density at radius 2 is 2.10 bits per heavy atom. The van der Waals surface area contributed by atoms with Crippen LogP contribution < -0.4 is 9.64 Å². The molecule has 0 fully saturated rings. The lowest BCUT2D eigenvalue weighted by Crippen LogP contribution is -2.18. The first-order valence-electron chi connectivity index (χ1n) is 9.49. The summed E-state index contributed by atoms with van der Waals surface area (Å²) >= 11 is 7.61. The quantitative estimate of drug-likeness (QED) is 0.645. The molecule has 1 aliphatic carbocycles. The average molecular weight is 428 g/mol. The first-order chi connectivity index (χ1) is 14.1. The van der Waals surface area contributed by atoms with Crippen LogP contribution in [0.2, 0.25) is 4.34 Å². The summed E-state index contributed by atoms with van der Waals surface area (Å²) in [6.07, 6.45) is 3.91. The second-order valence-electron chi connectivity index (χ2n) is 7.13. The van der Waals surface area contributed by atoms with Crippen molar-refractivity contribution < 1.29 is 14.6 Å². The SMILES string of the molecule is O=C(O)COc1ccc2c(c1)N(c1nc(-c3ccc(Cl)s3)nc3c1CCC3)CC2. The van der Waals surface area contributed by atoms with Crippen LogP contribution in [0.4, 0.5) is 11.5 Å². The highest BCUT2D eigenvalue weighted by atomic mass is 35.5. The first-order valence-corrected chi connectivity index (χ1v) is 10.7. The molecule has 0 amide bonds. The van der Waals surface area contributed by atoms with Crippen LogP contribution >= 0.6 is 22.9 Å². The van der Waals surface area contributed by atoms with Crippen molar-refractivity contribution >= 4 is 40.4 Å². The number of hydrogen-bond acceptors (Lipinski definition) is 6. The van der Waals surface area contributed by atoms with Gasteiger partial charge in [0, 0.05) is 29.6 Å². The molecular formula is C21H18ClN3O3S. The van der Waals surface area contributed by atoms with E-state index in [0.717, 1.165) is 58.6 Å². The Morgan fingerprint density at radius 3 is 2.90 bits per heavy atom. The van der Waals surface area contributed by atoms with E-state index in [4.69, 9.17) is 31.4 Å². The number of aryl methyl sites for hydroxylation is 1. The molecule has 0 unspecified atom stereocenters. The van der Waals surface area contributed by atoms with Gasteiger partial charge in [-0.25, -0.2) is 14.8 Å². The van der Waals surface area contributed by atoms with E-state index in [1.165, 1.54) is 22.5 Å². The molecule has 0 atom stereocenters. The number of aliphatic carboxylic acids is 1. The minimum atomic E-state index is -0.991. The number of ether oxygens (including phenoxy) is 1. The number of carboxylic acid groups (broad SMARTS) is 1. The highest BCUT2D eigenvalue weighted by Gasteiger charge is 2.29. The smallest absolute Gasteiger partial charge is 0.341 e. The molecule has 0 spiro atoms. The monoisotopic (exact) mass is 427 g/mol. The predicted molar refractivity (Wildman–Crippen MR) is 113 cm³/mol. The van der Waals surface area contributed by atoms with E-state index < -0.39 is 5.97 Å². The molecule has 1 N–H and O–H groups in total. The van der Waals surface area contributed by atoms with Crippen molar-refractivity contribution in [2.75, 3.05) is 18.1 Å². The van der Waals surface area contributed by atoms with Gasteiger partial charge < -0.3 is 14.7 Å². The van der Waals surface area contributed by atoms with Crippen LogP contribution in [0.3, 0.4) is 0 Å². The number of thiophene rings is 1. The molecule has 0 saturated carbocycles. The van der Waals surface area contributed by atoms with Gasteiger partial charge in [-0.15, -0.1) is 11.3 Å². The molecule has 0 radical (unpaired) electrons. The maximum absolute atomic E-state index is 10.8. The maximum atomic E-state index is 10.8. The predicted octanol–water partition coefficient (Wildman–Crippen LogP) is 4.50. The molecular weight excluding hydrogens is 410 g/mol. The largest absolute Gasteiger partial charge is 0.482 e. The van der Waals surface area contributed by atoms with Crippen molar-refractivity contribution in [2.24, 2.45) is 0 Å². The van der Waals surface area contributed by atoms with Gasteiger partial charge in [-0.2, -0.15) is 0 Å². The molecule has 3 heterocycles. The second-order valence-corrected chi connectivity index (χ2v) is 8.84. The molecule has 2 aliphatic rings. The van der Waals surface area contributed by atoms with Crippen LogP contribution in [0.5, 0.6) is 5.75 Å². The minimum Gasteiger partial charge on any atom is -0.482 e. The molecule has 1 aromatic carbocycles. The Morgan fingerprint density at radius 1 is 1.21 bits per heavy atom. The Bertz CT molecular complexity index is 1110. The normalized spacial score (nSPS) is 14.7. The van der Waals surface area contributed by atoms with Crippen LogP contribution in [-0.2, 0) is 24.1 Å². The van der Waals surface area contributed by atoms with Gasteiger partial charge in [0.2, 0.25) is 0 Å². The van der Waals surface area contributed by atoms with Crippen LogP contribution in [0.15, 0.2) is 30.3 Å². The summed E-state index contributed by atoms with van der Waals surface area (Å²) in [6, 6.07) is 9.58. The van der Waals surface area contributed by atoms with E-state index in [-0.39, 0.29) is 6.61 Å². The molecule has 6 nitrogen and oxygen atoms in total. The zero-order valence-electron chi connectivity index (χ0n) is 15.5. The fraction of sp³-hybridized carbons (Fsp3) is 0.286. The number of carboxylic acids is 1. The summed E-state index contributed by atoms with van der Waals surface area (Å²) in [5.74, 6) is 1.22. The van der Waals surface area contributed by atoms with E-state index in [9.17, 15) is 4.79 Å². The molecule has 1 aliphatic heterocycles. The van der Waals surface area contributed by atoms with Gasteiger partial charge in [-0.1, -0.05) is 17.7 Å². The molecule has 3 aromatic rings. The van der Waals surface area contributed by atoms with E-state index in [1.54, 1.807) is 0 Å². The van der Waals surface area contributed by atoms with Crippen molar-refractivity contribution in [3.63, 3.8) is 0 Å². The molecule has 0 saturated heterocycles. The zero-order chi connectivity index (χ0) is 20.0. The van der Waals surface area contributed by atoms with Crippen molar-refractivity contribution in [3.8, 4) is 16.5 Å². The lowest BCUT2D eigenvalue weighted by atomic mass is 10.1. The maximum Gasteiger partial charge on any atom is 0.341 e. The summed E-state index contributed by atoms with van der Waals surface area (Å²) in [7, 11) is 0. The Labute approximate surface area is 176 Å². The van der Waals surface area contributed by atoms with Crippen molar-refractivity contribution in [2.45, 2.75) is 25.7 Å². The second kappa shape index (κ2) is 7.31.